The summed E-state index contributed by atoms with van der Waals surface area (Å²) >= 11 is 1.07. The lowest BCUT2D eigenvalue weighted by molar-refractivity contribution is 0.0690. The Labute approximate surface area is 60.8 Å². The first kappa shape index (κ1) is 7.17. The van der Waals surface area contributed by atoms with E-state index in [1.807, 2.05) is 0 Å². The standard InChI is InChI=1S/C5H4NO3S/c7-1-4-6-3(2-10-4)5(8)9/h2H,1H2,(H,8,9). The average molecular weight is 158 g/mol. The molecule has 5 heteroatoms. The van der Waals surface area contributed by atoms with Crippen LogP contribution in [-0.4, -0.2) is 16.1 Å². The number of carbonyl (C=O) groups is 1. The van der Waals surface area contributed by atoms with Crippen LogP contribution in [0.5, 0.6) is 0 Å². The lowest BCUT2D eigenvalue weighted by atomic mass is 10.5. The molecule has 0 fully saturated rings. The van der Waals surface area contributed by atoms with Gasteiger partial charge in [-0.3, -0.25) is 0 Å². The van der Waals surface area contributed by atoms with Crippen molar-refractivity contribution in [2.75, 3.05) is 0 Å². The summed E-state index contributed by atoms with van der Waals surface area (Å²) in [6.07, 6.45) is 0. The Morgan fingerprint density at radius 1 is 1.80 bits per heavy atom. The van der Waals surface area contributed by atoms with Crippen LogP contribution in [0.4, 0.5) is 0 Å². The lowest BCUT2D eigenvalue weighted by Gasteiger charge is -1.81. The summed E-state index contributed by atoms with van der Waals surface area (Å²) in [5.41, 5.74) is -0.0455. The van der Waals surface area contributed by atoms with Crippen LogP contribution in [0, 0.1) is 0 Å². The smallest absolute Gasteiger partial charge is 0.355 e. The zero-order valence-electron chi connectivity index (χ0n) is 4.90. The van der Waals surface area contributed by atoms with Crippen LogP contribution in [0.25, 0.3) is 0 Å². The normalized spacial score (nSPS) is 9.70. The fourth-order valence-electron chi connectivity index (χ4n) is 0.475. The number of carboxylic acids is 1. The molecule has 1 radical (unpaired) electrons. The van der Waals surface area contributed by atoms with E-state index in [1.165, 1.54) is 5.38 Å². The summed E-state index contributed by atoms with van der Waals surface area (Å²) in [7, 11) is 0. The Kier molecular flexibility index (Phi) is 1.98. The number of hydrogen-bond acceptors (Lipinski definition) is 3. The molecule has 0 aliphatic rings. The minimum Gasteiger partial charge on any atom is -0.476 e. The Morgan fingerprint density at radius 2 is 2.50 bits per heavy atom. The Balaban J connectivity index is 2.88. The van der Waals surface area contributed by atoms with Gasteiger partial charge in [-0.1, -0.05) is 0 Å². The monoisotopic (exact) mass is 158 g/mol. The van der Waals surface area contributed by atoms with Crippen molar-refractivity contribution in [2.45, 2.75) is 6.61 Å². The van der Waals surface area contributed by atoms with E-state index in [4.69, 9.17) is 5.11 Å². The van der Waals surface area contributed by atoms with Crippen LogP contribution < -0.4 is 0 Å². The van der Waals surface area contributed by atoms with Gasteiger partial charge in [-0.05, 0) is 0 Å². The van der Waals surface area contributed by atoms with Gasteiger partial charge in [0.25, 0.3) is 0 Å². The minimum absolute atomic E-state index is 0.0455. The van der Waals surface area contributed by atoms with Gasteiger partial charge in [-0.2, -0.15) is 0 Å². The largest absolute Gasteiger partial charge is 0.476 e. The summed E-state index contributed by atoms with van der Waals surface area (Å²) in [4.78, 5) is 13.7. The molecule has 53 valence electrons. The molecular formula is C5H4NO3S. The van der Waals surface area contributed by atoms with Crippen molar-refractivity contribution >= 4 is 17.3 Å². The van der Waals surface area contributed by atoms with Gasteiger partial charge in [-0.15, -0.1) is 11.3 Å². The van der Waals surface area contributed by atoms with Crippen LogP contribution in [0.3, 0.4) is 0 Å². The molecular weight excluding hydrogens is 154 g/mol. The highest BCUT2D eigenvalue weighted by molar-refractivity contribution is 7.09. The molecule has 10 heavy (non-hydrogen) atoms. The maximum atomic E-state index is 10.2. The summed E-state index contributed by atoms with van der Waals surface area (Å²) in [6.45, 7) is -0.446. The van der Waals surface area contributed by atoms with Gasteiger partial charge >= 0.3 is 5.97 Å². The molecule has 0 saturated heterocycles. The quantitative estimate of drug-likeness (QED) is 0.691. The predicted molar refractivity (Wildman–Crippen MR) is 33.5 cm³/mol. The minimum atomic E-state index is -1.09. The van der Waals surface area contributed by atoms with Crippen LogP contribution in [0.1, 0.15) is 15.5 Å². The average Bonchev–Trinajstić information content (AvgIpc) is 2.34. The van der Waals surface area contributed by atoms with E-state index in [0.717, 1.165) is 11.3 Å². The number of hydrogen-bond donors (Lipinski definition) is 1. The van der Waals surface area contributed by atoms with Crippen LogP contribution in [0.2, 0.25) is 0 Å². The van der Waals surface area contributed by atoms with Crippen molar-refractivity contribution in [3.05, 3.63) is 16.1 Å². The Morgan fingerprint density at radius 3 is 2.80 bits per heavy atom. The molecule has 4 nitrogen and oxygen atoms in total. The zero-order chi connectivity index (χ0) is 7.56. The molecule has 0 saturated carbocycles. The summed E-state index contributed by atoms with van der Waals surface area (Å²) in [6, 6.07) is 0. The van der Waals surface area contributed by atoms with E-state index >= 15 is 0 Å². The Hall–Kier alpha value is -0.940. The van der Waals surface area contributed by atoms with E-state index in [0.29, 0.717) is 5.01 Å². The van der Waals surface area contributed by atoms with E-state index < -0.39 is 12.6 Å². The van der Waals surface area contributed by atoms with E-state index in [-0.39, 0.29) is 5.69 Å². The number of nitrogens with zero attached hydrogens (tertiary/aromatic N) is 1. The maximum Gasteiger partial charge on any atom is 0.355 e. The molecule has 1 N–H and O–H groups in total. The third kappa shape index (κ3) is 1.31. The molecule has 0 atom stereocenters. The third-order valence-electron chi connectivity index (χ3n) is 0.894. The lowest BCUT2D eigenvalue weighted by Crippen LogP contribution is -1.96. The molecule has 1 aromatic heterocycles. The van der Waals surface area contributed by atoms with Gasteiger partial charge in [0.1, 0.15) is 11.6 Å². The van der Waals surface area contributed by atoms with Gasteiger partial charge in [0, 0.05) is 5.38 Å². The molecule has 1 heterocycles. The van der Waals surface area contributed by atoms with Gasteiger partial charge in [0.15, 0.2) is 5.69 Å². The number of aromatic nitrogens is 1. The van der Waals surface area contributed by atoms with Crippen molar-refractivity contribution < 1.29 is 15.0 Å². The highest BCUT2D eigenvalue weighted by atomic mass is 32.1. The van der Waals surface area contributed by atoms with E-state index in [9.17, 15) is 9.90 Å². The van der Waals surface area contributed by atoms with Gasteiger partial charge in [0.05, 0.1) is 0 Å². The number of aromatic carboxylic acids is 1. The summed E-state index contributed by atoms with van der Waals surface area (Å²) in [5, 5.41) is 20.1. The fraction of sp³-hybridized carbons (Fsp3) is 0.200. The molecule has 0 aliphatic carbocycles. The van der Waals surface area contributed by atoms with Gasteiger partial charge in [-0.25, -0.2) is 14.9 Å². The first-order chi connectivity index (χ1) is 4.74. The number of carboxylic acid groups (broad SMARTS) is 1. The zero-order valence-corrected chi connectivity index (χ0v) is 5.72. The summed E-state index contributed by atoms with van der Waals surface area (Å²) in [5.74, 6) is -1.09. The molecule has 0 aliphatic heterocycles. The first-order valence-electron chi connectivity index (χ1n) is 2.50. The molecule has 1 rings (SSSR count). The molecule has 0 unspecified atom stereocenters. The van der Waals surface area contributed by atoms with Crippen molar-refractivity contribution in [2.24, 2.45) is 0 Å². The van der Waals surface area contributed by atoms with Gasteiger partial charge < -0.3 is 5.11 Å². The molecule has 0 spiro atoms. The molecule has 1 aromatic rings. The third-order valence-corrected chi connectivity index (χ3v) is 1.72. The topological polar surface area (TPSA) is 70.1 Å². The SMILES string of the molecule is [O]Cc1nc(C(=O)O)cs1. The Bertz CT molecular complexity index is 245. The first-order valence-corrected chi connectivity index (χ1v) is 3.38. The summed E-state index contributed by atoms with van der Waals surface area (Å²) < 4.78 is 0. The van der Waals surface area contributed by atoms with Gasteiger partial charge in [0.2, 0.25) is 0 Å². The van der Waals surface area contributed by atoms with Crippen molar-refractivity contribution in [1.29, 1.82) is 0 Å². The fourth-order valence-corrected chi connectivity index (χ4v) is 1.10. The highest BCUT2D eigenvalue weighted by Crippen LogP contribution is 2.08. The second-order valence-corrected chi connectivity index (χ2v) is 2.52. The van der Waals surface area contributed by atoms with Crippen LogP contribution >= 0.6 is 11.3 Å². The predicted octanol–water partition coefficient (Wildman–Crippen LogP) is 0.772. The molecule has 0 aromatic carbocycles. The molecule has 0 bridgehead atoms. The number of thiazole rings is 1. The highest BCUT2D eigenvalue weighted by Gasteiger charge is 2.06. The number of rotatable bonds is 2. The van der Waals surface area contributed by atoms with E-state index in [1.54, 1.807) is 0 Å². The van der Waals surface area contributed by atoms with E-state index in [2.05, 4.69) is 4.98 Å². The maximum absolute atomic E-state index is 10.2. The van der Waals surface area contributed by atoms with Crippen molar-refractivity contribution in [3.63, 3.8) is 0 Å². The second kappa shape index (κ2) is 2.76. The second-order valence-electron chi connectivity index (χ2n) is 1.58. The van der Waals surface area contributed by atoms with Crippen LogP contribution in [-0.2, 0) is 11.7 Å². The van der Waals surface area contributed by atoms with Crippen molar-refractivity contribution in [3.8, 4) is 0 Å². The van der Waals surface area contributed by atoms with Crippen molar-refractivity contribution in [1.82, 2.24) is 4.98 Å². The molecule has 0 amide bonds. The van der Waals surface area contributed by atoms with Crippen LogP contribution in [0.15, 0.2) is 5.38 Å².